The van der Waals surface area contributed by atoms with Crippen molar-refractivity contribution in [3.8, 4) is 0 Å². The van der Waals surface area contributed by atoms with Gasteiger partial charge >= 0.3 is 18.3 Å². The summed E-state index contributed by atoms with van der Waals surface area (Å²) in [5, 5.41) is 12.2. The molecule has 2 rings (SSSR count). The number of ether oxygens (including phenoxy) is 2. The van der Waals surface area contributed by atoms with E-state index in [4.69, 9.17) is 9.47 Å². The highest BCUT2D eigenvalue weighted by atomic mass is 16.6. The number of guanidine groups is 1. The summed E-state index contributed by atoms with van der Waals surface area (Å²) in [7, 11) is 0. The van der Waals surface area contributed by atoms with Crippen LogP contribution in [0.25, 0.3) is 0 Å². The van der Waals surface area contributed by atoms with E-state index in [1.54, 1.807) is 46.4 Å². The fourth-order valence-corrected chi connectivity index (χ4v) is 3.30. The van der Waals surface area contributed by atoms with Crippen molar-refractivity contribution < 1.29 is 29.0 Å². The summed E-state index contributed by atoms with van der Waals surface area (Å²) >= 11 is 0. The molecular weight excluding hydrogens is 428 g/mol. The molecule has 2 N–H and O–H groups in total. The SMILES string of the molecule is CC(C)(C)OC(=O)/N=C(/NC(=O)OC(C)(C)C)N1CCN(C(=O)O)C(Cc2ccccc2)C1. The fraction of sp³-hybridized carbons (Fsp3) is 0.565. The number of nitrogens with one attached hydrogen (secondary N) is 1. The molecule has 1 aliphatic heterocycles. The van der Waals surface area contributed by atoms with Gasteiger partial charge in [0.15, 0.2) is 0 Å². The largest absolute Gasteiger partial charge is 0.465 e. The van der Waals surface area contributed by atoms with Crippen LogP contribution >= 0.6 is 0 Å². The smallest absolute Gasteiger partial charge is 0.437 e. The lowest BCUT2D eigenvalue weighted by atomic mass is 10.0. The highest BCUT2D eigenvalue weighted by Crippen LogP contribution is 2.17. The lowest BCUT2D eigenvalue weighted by Gasteiger charge is -2.41. The van der Waals surface area contributed by atoms with Crippen molar-refractivity contribution in [1.82, 2.24) is 15.1 Å². The van der Waals surface area contributed by atoms with E-state index >= 15 is 0 Å². The van der Waals surface area contributed by atoms with Crippen molar-refractivity contribution >= 4 is 24.2 Å². The first-order chi connectivity index (χ1) is 15.2. The average Bonchev–Trinajstić information content (AvgIpc) is 2.65. The van der Waals surface area contributed by atoms with Crippen LogP contribution in [0.15, 0.2) is 35.3 Å². The van der Waals surface area contributed by atoms with Crippen molar-refractivity contribution in [2.75, 3.05) is 19.6 Å². The molecule has 1 heterocycles. The molecule has 182 valence electrons. The minimum absolute atomic E-state index is 0.0402. The average molecular weight is 463 g/mol. The van der Waals surface area contributed by atoms with Gasteiger partial charge < -0.3 is 24.4 Å². The van der Waals surface area contributed by atoms with Crippen LogP contribution < -0.4 is 5.32 Å². The van der Waals surface area contributed by atoms with Crippen molar-refractivity contribution in [3.05, 3.63) is 35.9 Å². The van der Waals surface area contributed by atoms with E-state index in [0.717, 1.165) is 5.56 Å². The monoisotopic (exact) mass is 462 g/mol. The summed E-state index contributed by atoms with van der Waals surface area (Å²) in [6.07, 6.45) is -2.20. The molecule has 10 heteroatoms. The summed E-state index contributed by atoms with van der Waals surface area (Å²) in [4.78, 5) is 43.6. The molecule has 1 atom stereocenters. The zero-order chi connectivity index (χ0) is 24.8. The molecule has 0 aliphatic carbocycles. The summed E-state index contributed by atoms with van der Waals surface area (Å²) in [6, 6.07) is 9.10. The second-order valence-corrected chi connectivity index (χ2v) is 9.81. The fourth-order valence-electron chi connectivity index (χ4n) is 3.30. The van der Waals surface area contributed by atoms with Gasteiger partial charge in [0, 0.05) is 19.6 Å². The molecule has 1 unspecified atom stereocenters. The van der Waals surface area contributed by atoms with Crippen LogP contribution in [-0.2, 0) is 15.9 Å². The van der Waals surface area contributed by atoms with Gasteiger partial charge in [0.25, 0.3) is 0 Å². The molecule has 1 saturated heterocycles. The Labute approximate surface area is 194 Å². The lowest BCUT2D eigenvalue weighted by Crippen LogP contribution is -2.60. The maximum atomic E-state index is 12.4. The van der Waals surface area contributed by atoms with Gasteiger partial charge in [-0.05, 0) is 53.5 Å². The number of carbonyl (C=O) groups excluding carboxylic acids is 2. The van der Waals surface area contributed by atoms with E-state index in [1.165, 1.54) is 4.90 Å². The predicted octanol–water partition coefficient (Wildman–Crippen LogP) is 3.71. The Morgan fingerprint density at radius 3 is 2.18 bits per heavy atom. The minimum Gasteiger partial charge on any atom is -0.465 e. The van der Waals surface area contributed by atoms with E-state index in [2.05, 4.69) is 10.3 Å². The molecule has 1 aromatic rings. The van der Waals surface area contributed by atoms with Gasteiger partial charge in [-0.2, -0.15) is 0 Å². The quantitative estimate of drug-likeness (QED) is 0.508. The number of alkyl carbamates (subject to hydrolysis) is 1. The predicted molar refractivity (Wildman–Crippen MR) is 123 cm³/mol. The number of aliphatic imine (C=N–C) groups is 1. The second kappa shape index (κ2) is 10.5. The first-order valence-electron chi connectivity index (χ1n) is 10.8. The first kappa shape index (κ1) is 26.0. The minimum atomic E-state index is -1.03. The Bertz CT molecular complexity index is 873. The lowest BCUT2D eigenvalue weighted by molar-refractivity contribution is 0.0537. The molecule has 0 bridgehead atoms. The maximum absolute atomic E-state index is 12.4. The highest BCUT2D eigenvalue weighted by Gasteiger charge is 2.33. The number of hydrogen-bond donors (Lipinski definition) is 2. The van der Waals surface area contributed by atoms with Crippen LogP contribution in [0.3, 0.4) is 0 Å². The topological polar surface area (TPSA) is 121 Å². The van der Waals surface area contributed by atoms with Gasteiger partial charge in [-0.15, -0.1) is 4.99 Å². The Hall–Kier alpha value is -3.30. The van der Waals surface area contributed by atoms with Crippen molar-refractivity contribution in [3.63, 3.8) is 0 Å². The molecular formula is C23H34N4O6. The van der Waals surface area contributed by atoms with Crippen molar-refractivity contribution in [1.29, 1.82) is 0 Å². The van der Waals surface area contributed by atoms with Gasteiger partial charge in [0.2, 0.25) is 5.96 Å². The third kappa shape index (κ3) is 8.99. The van der Waals surface area contributed by atoms with Gasteiger partial charge in [-0.3, -0.25) is 5.32 Å². The molecule has 33 heavy (non-hydrogen) atoms. The molecule has 0 aromatic heterocycles. The van der Waals surface area contributed by atoms with Gasteiger partial charge in [0.05, 0.1) is 6.04 Å². The summed E-state index contributed by atoms with van der Waals surface area (Å²) < 4.78 is 10.6. The number of nitrogens with zero attached hydrogens (tertiary/aromatic N) is 3. The molecule has 1 fully saturated rings. The summed E-state index contributed by atoms with van der Waals surface area (Å²) in [5.41, 5.74) is -0.546. The van der Waals surface area contributed by atoms with Crippen LogP contribution in [0.5, 0.6) is 0 Å². The van der Waals surface area contributed by atoms with Crippen LogP contribution in [0.4, 0.5) is 14.4 Å². The van der Waals surface area contributed by atoms with Crippen LogP contribution in [0.1, 0.15) is 47.1 Å². The Balaban J connectivity index is 2.28. The summed E-state index contributed by atoms with van der Waals surface area (Å²) in [5.74, 6) is -0.0402. The van der Waals surface area contributed by atoms with E-state index in [9.17, 15) is 19.5 Å². The zero-order valence-electron chi connectivity index (χ0n) is 20.1. The van der Waals surface area contributed by atoms with Gasteiger partial charge in [-0.25, -0.2) is 14.4 Å². The first-order valence-corrected chi connectivity index (χ1v) is 10.8. The number of carbonyl (C=O) groups is 3. The van der Waals surface area contributed by atoms with E-state index in [-0.39, 0.29) is 25.6 Å². The Morgan fingerprint density at radius 2 is 1.64 bits per heavy atom. The van der Waals surface area contributed by atoms with Crippen molar-refractivity contribution in [2.24, 2.45) is 4.99 Å². The molecule has 10 nitrogen and oxygen atoms in total. The second-order valence-electron chi connectivity index (χ2n) is 9.81. The molecule has 1 aromatic carbocycles. The molecule has 1 aliphatic rings. The maximum Gasteiger partial charge on any atom is 0.437 e. The summed E-state index contributed by atoms with van der Waals surface area (Å²) in [6.45, 7) is 10.9. The van der Waals surface area contributed by atoms with Crippen LogP contribution in [0, 0.1) is 0 Å². The van der Waals surface area contributed by atoms with Crippen LogP contribution in [-0.4, -0.2) is 76.0 Å². The number of amides is 3. The van der Waals surface area contributed by atoms with Crippen LogP contribution in [0.2, 0.25) is 0 Å². The Kier molecular flexibility index (Phi) is 8.29. The molecule has 3 amide bonds. The molecule has 0 saturated carbocycles. The number of benzene rings is 1. The number of rotatable bonds is 2. The van der Waals surface area contributed by atoms with Gasteiger partial charge in [0.1, 0.15) is 11.2 Å². The third-order valence-electron chi connectivity index (χ3n) is 4.55. The van der Waals surface area contributed by atoms with E-state index < -0.39 is 35.5 Å². The van der Waals surface area contributed by atoms with Crippen molar-refractivity contribution in [2.45, 2.75) is 65.2 Å². The third-order valence-corrected chi connectivity index (χ3v) is 4.55. The zero-order valence-corrected chi connectivity index (χ0v) is 20.1. The standard InChI is InChI=1S/C23H34N4O6/c1-22(2,3)32-19(28)24-18(25-20(29)33-23(4,5)6)26-12-13-27(21(30)31)17(15-26)14-16-10-8-7-9-11-16/h7-11,17H,12-15H2,1-6H3,(H,30,31)(H,24,25,28,29). The molecule has 0 radical (unpaired) electrons. The van der Waals surface area contributed by atoms with E-state index in [1.807, 2.05) is 30.3 Å². The number of hydrogen-bond acceptors (Lipinski definition) is 5. The van der Waals surface area contributed by atoms with Gasteiger partial charge in [-0.1, -0.05) is 30.3 Å². The Morgan fingerprint density at radius 1 is 1.03 bits per heavy atom. The number of carboxylic acid groups (broad SMARTS) is 1. The number of piperazine rings is 1. The molecule has 0 spiro atoms. The highest BCUT2D eigenvalue weighted by molar-refractivity contribution is 5.99. The van der Waals surface area contributed by atoms with E-state index in [0.29, 0.717) is 6.42 Å². The normalized spacial score (nSPS) is 17.4.